The van der Waals surface area contributed by atoms with Crippen molar-refractivity contribution in [2.24, 2.45) is 0 Å². The maximum absolute atomic E-state index is 13.1. The number of non-ortho nitro benzene ring substituents is 1. The first kappa shape index (κ1) is 23.8. The summed E-state index contributed by atoms with van der Waals surface area (Å²) in [4.78, 5) is 25.3. The third-order valence-electron chi connectivity index (χ3n) is 6.11. The molecule has 1 aliphatic heterocycles. The maximum Gasteiger partial charge on any atom is 0.270 e. The maximum atomic E-state index is 13.1. The average Bonchev–Trinajstić information content (AvgIpc) is 3.14. The zero-order chi connectivity index (χ0) is 24.5. The highest BCUT2D eigenvalue weighted by Gasteiger charge is 2.30. The highest BCUT2D eigenvalue weighted by molar-refractivity contribution is 7.89. The summed E-state index contributed by atoms with van der Waals surface area (Å²) in [7, 11) is -3.85. The molecule has 0 saturated carbocycles. The number of sulfonamides is 1. The van der Waals surface area contributed by atoms with E-state index in [1.807, 2.05) is 55.1 Å². The zero-order valence-corrected chi connectivity index (χ0v) is 19.9. The van der Waals surface area contributed by atoms with Crippen LogP contribution in [0.2, 0.25) is 0 Å². The summed E-state index contributed by atoms with van der Waals surface area (Å²) in [5.41, 5.74) is 3.24. The molecule has 0 aliphatic carbocycles. The van der Waals surface area contributed by atoms with Gasteiger partial charge in [-0.3, -0.25) is 19.8 Å². The molecule has 0 amide bonds. The first-order valence-electron chi connectivity index (χ1n) is 10.9. The number of ketones is 1. The summed E-state index contributed by atoms with van der Waals surface area (Å²) < 4.78 is 29.3. The fourth-order valence-electron chi connectivity index (χ4n) is 4.34. The van der Waals surface area contributed by atoms with Crippen LogP contribution < -0.4 is 0 Å². The van der Waals surface area contributed by atoms with Crippen LogP contribution in [0.3, 0.4) is 0 Å². The molecule has 10 heteroatoms. The molecule has 0 N–H and O–H groups in total. The van der Waals surface area contributed by atoms with Crippen LogP contribution in [0.1, 0.15) is 21.7 Å². The number of hydrogen-bond donors (Lipinski definition) is 0. The number of nitro benzene ring substituents is 1. The van der Waals surface area contributed by atoms with Crippen molar-refractivity contribution in [2.75, 3.05) is 32.7 Å². The van der Waals surface area contributed by atoms with Gasteiger partial charge in [0.05, 0.1) is 16.4 Å². The monoisotopic (exact) mass is 482 g/mol. The molecule has 1 fully saturated rings. The van der Waals surface area contributed by atoms with Crippen molar-refractivity contribution in [1.29, 1.82) is 0 Å². The minimum atomic E-state index is -3.85. The Morgan fingerprint density at radius 1 is 0.971 bits per heavy atom. The molecule has 0 spiro atoms. The second kappa shape index (κ2) is 9.49. The molecule has 178 valence electrons. The lowest BCUT2D eigenvalue weighted by Crippen LogP contribution is -2.49. The van der Waals surface area contributed by atoms with Crippen LogP contribution in [0.5, 0.6) is 0 Å². The molecule has 2 aromatic carbocycles. The summed E-state index contributed by atoms with van der Waals surface area (Å²) in [6.07, 6.45) is 0. The zero-order valence-electron chi connectivity index (χ0n) is 19.0. The number of piperazine rings is 1. The Morgan fingerprint density at radius 3 is 2.29 bits per heavy atom. The van der Waals surface area contributed by atoms with Gasteiger partial charge in [0, 0.05) is 61.0 Å². The molecule has 3 aromatic rings. The van der Waals surface area contributed by atoms with E-state index in [1.165, 1.54) is 22.5 Å². The van der Waals surface area contributed by atoms with Gasteiger partial charge in [-0.2, -0.15) is 4.31 Å². The van der Waals surface area contributed by atoms with Crippen LogP contribution >= 0.6 is 0 Å². The highest BCUT2D eigenvalue weighted by atomic mass is 32.2. The summed E-state index contributed by atoms with van der Waals surface area (Å²) in [5.74, 6) is -0.00901. The van der Waals surface area contributed by atoms with E-state index in [9.17, 15) is 23.3 Å². The molecule has 4 rings (SSSR count). The molecule has 0 bridgehead atoms. The fraction of sp³-hybridized carbons (Fsp3) is 0.292. The van der Waals surface area contributed by atoms with Crippen molar-refractivity contribution >= 4 is 21.5 Å². The lowest BCUT2D eigenvalue weighted by molar-refractivity contribution is -0.385. The van der Waals surface area contributed by atoms with Crippen LogP contribution in [0, 0.1) is 24.0 Å². The van der Waals surface area contributed by atoms with Gasteiger partial charge < -0.3 is 4.57 Å². The number of aryl methyl sites for hydroxylation is 1. The number of nitrogens with zero attached hydrogens (tertiary/aromatic N) is 4. The Balaban J connectivity index is 1.42. The van der Waals surface area contributed by atoms with Crippen molar-refractivity contribution in [1.82, 2.24) is 13.8 Å². The third kappa shape index (κ3) is 4.65. The molecule has 9 nitrogen and oxygen atoms in total. The van der Waals surface area contributed by atoms with E-state index in [0.29, 0.717) is 18.7 Å². The number of aromatic nitrogens is 1. The number of carbonyl (C=O) groups is 1. The van der Waals surface area contributed by atoms with Gasteiger partial charge in [0.15, 0.2) is 5.78 Å². The molecule has 0 unspecified atom stereocenters. The number of nitro groups is 1. The number of Topliss-reactive ketones (excluding diaryl/α,β-unsaturated/α-hetero) is 1. The normalized spacial score (nSPS) is 15.4. The number of hydrogen-bond acceptors (Lipinski definition) is 6. The van der Waals surface area contributed by atoms with E-state index >= 15 is 0 Å². The molecule has 0 atom stereocenters. The molecule has 1 aromatic heterocycles. The smallest absolute Gasteiger partial charge is 0.270 e. The quantitative estimate of drug-likeness (QED) is 0.291. The van der Waals surface area contributed by atoms with Crippen molar-refractivity contribution < 1.29 is 18.1 Å². The molecule has 0 radical (unpaired) electrons. The SMILES string of the molecule is Cc1cc(C(=O)CN2CCN(S(=O)(=O)c3cccc([N+](=O)[O-])c3)CC2)c(C)n1-c1ccccc1. The number of benzene rings is 2. The molecule has 1 aliphatic rings. The van der Waals surface area contributed by atoms with Gasteiger partial charge >= 0.3 is 0 Å². The van der Waals surface area contributed by atoms with Crippen LogP contribution in [0.25, 0.3) is 5.69 Å². The van der Waals surface area contributed by atoms with Crippen molar-refractivity contribution in [3.63, 3.8) is 0 Å². The van der Waals surface area contributed by atoms with Crippen molar-refractivity contribution in [3.8, 4) is 5.69 Å². The number of rotatable bonds is 7. The summed E-state index contributed by atoms with van der Waals surface area (Å²) >= 11 is 0. The number of carbonyl (C=O) groups excluding carboxylic acids is 1. The summed E-state index contributed by atoms with van der Waals surface area (Å²) in [5, 5.41) is 11.0. The average molecular weight is 483 g/mol. The van der Waals surface area contributed by atoms with Crippen LogP contribution in [0.4, 0.5) is 5.69 Å². The molecule has 2 heterocycles. The van der Waals surface area contributed by atoms with Gasteiger partial charge in [-0.1, -0.05) is 24.3 Å². The standard InChI is InChI=1S/C24H26N4O5S/c1-18-15-23(19(2)27(18)20-7-4-3-5-8-20)24(29)17-25-11-13-26(14-12-25)34(32,33)22-10-6-9-21(16-22)28(30)31/h3-10,15-16H,11-14,17H2,1-2H3. The topological polar surface area (TPSA) is 106 Å². The Labute approximate surface area is 198 Å². The van der Waals surface area contributed by atoms with E-state index in [4.69, 9.17) is 0 Å². The second-order valence-electron chi connectivity index (χ2n) is 8.31. The summed E-state index contributed by atoms with van der Waals surface area (Å²) in [6.45, 7) is 5.31. The molecule has 34 heavy (non-hydrogen) atoms. The minimum absolute atomic E-state index is 0.00901. The predicted octanol–water partition coefficient (Wildman–Crippen LogP) is 3.19. The second-order valence-corrected chi connectivity index (χ2v) is 10.3. The van der Waals surface area contributed by atoms with Gasteiger partial charge in [0.1, 0.15) is 0 Å². The van der Waals surface area contributed by atoms with Crippen LogP contribution in [0.15, 0.2) is 65.6 Å². The van der Waals surface area contributed by atoms with E-state index in [-0.39, 0.29) is 36.0 Å². The first-order chi connectivity index (χ1) is 16.2. The Hall–Kier alpha value is -3.34. The highest BCUT2D eigenvalue weighted by Crippen LogP contribution is 2.24. The Kier molecular flexibility index (Phi) is 6.65. The minimum Gasteiger partial charge on any atom is -0.318 e. The molecular formula is C24H26N4O5S. The van der Waals surface area contributed by atoms with Gasteiger partial charge in [-0.15, -0.1) is 0 Å². The van der Waals surface area contributed by atoms with Gasteiger partial charge in [0.2, 0.25) is 10.0 Å². The van der Waals surface area contributed by atoms with Crippen molar-refractivity contribution in [2.45, 2.75) is 18.7 Å². The summed E-state index contributed by atoms with van der Waals surface area (Å²) in [6, 6.07) is 16.8. The lowest BCUT2D eigenvalue weighted by Gasteiger charge is -2.33. The van der Waals surface area contributed by atoms with Crippen LogP contribution in [-0.2, 0) is 10.0 Å². The van der Waals surface area contributed by atoms with E-state index < -0.39 is 14.9 Å². The molecular weight excluding hydrogens is 456 g/mol. The van der Waals surface area contributed by atoms with E-state index in [1.54, 1.807) is 0 Å². The lowest BCUT2D eigenvalue weighted by atomic mass is 10.1. The van der Waals surface area contributed by atoms with Crippen LogP contribution in [-0.4, -0.2) is 65.6 Å². The van der Waals surface area contributed by atoms with Gasteiger partial charge in [-0.05, 0) is 38.1 Å². The predicted molar refractivity (Wildman–Crippen MR) is 128 cm³/mol. The fourth-order valence-corrected chi connectivity index (χ4v) is 5.80. The Morgan fingerprint density at radius 2 is 1.65 bits per heavy atom. The number of para-hydroxylation sites is 1. The largest absolute Gasteiger partial charge is 0.318 e. The van der Waals surface area contributed by atoms with Gasteiger partial charge in [0.25, 0.3) is 5.69 Å². The molecule has 1 saturated heterocycles. The first-order valence-corrected chi connectivity index (χ1v) is 12.4. The Bertz CT molecular complexity index is 1330. The van der Waals surface area contributed by atoms with Gasteiger partial charge in [-0.25, -0.2) is 8.42 Å². The van der Waals surface area contributed by atoms with E-state index in [2.05, 4.69) is 4.57 Å². The van der Waals surface area contributed by atoms with E-state index in [0.717, 1.165) is 23.1 Å². The van der Waals surface area contributed by atoms with Crippen molar-refractivity contribution in [3.05, 3.63) is 87.7 Å². The third-order valence-corrected chi connectivity index (χ3v) is 8.01.